The van der Waals surface area contributed by atoms with Gasteiger partial charge in [-0.05, 0) is 30.5 Å². The molecule has 0 aliphatic rings. The lowest BCUT2D eigenvalue weighted by Gasteiger charge is -2.11. The molecule has 0 fully saturated rings. The number of hydrogen-bond acceptors (Lipinski definition) is 2. The molecule has 0 saturated heterocycles. The highest BCUT2D eigenvalue weighted by atomic mass is 35.5. The van der Waals surface area contributed by atoms with Gasteiger partial charge in [0.25, 0.3) is 0 Å². The molecule has 0 saturated carbocycles. The van der Waals surface area contributed by atoms with E-state index >= 15 is 0 Å². The Morgan fingerprint density at radius 2 is 1.93 bits per heavy atom. The number of hydrogen-bond donors (Lipinski definition) is 2. The van der Waals surface area contributed by atoms with Crippen LogP contribution in [0.4, 0.5) is 0 Å². The highest BCUT2D eigenvalue weighted by Crippen LogP contribution is 2.23. The van der Waals surface area contributed by atoms with Crippen molar-refractivity contribution >= 4 is 17.6 Å². The van der Waals surface area contributed by atoms with Gasteiger partial charge in [0.2, 0.25) is 0 Å². The maximum atomic E-state index is 11.0. The van der Waals surface area contributed by atoms with E-state index in [2.05, 4.69) is 0 Å². The Hall–Kier alpha value is -1.06. The molecule has 4 heteroatoms. The number of carboxylic acid groups (broad SMARTS) is 1. The topological polar surface area (TPSA) is 57.5 Å². The number of aliphatic carboxylic acids is 1. The molecule has 0 amide bonds. The van der Waals surface area contributed by atoms with Crippen molar-refractivity contribution < 1.29 is 15.0 Å². The fourth-order valence-corrected chi connectivity index (χ4v) is 1.55. The quantitative estimate of drug-likeness (QED) is 0.813. The number of aliphatic hydroxyl groups excluding tert-OH is 1. The molecule has 1 aromatic rings. The van der Waals surface area contributed by atoms with Crippen LogP contribution in [-0.2, 0) is 4.79 Å². The van der Waals surface area contributed by atoms with Crippen LogP contribution in [-0.4, -0.2) is 22.8 Å². The van der Waals surface area contributed by atoms with E-state index in [0.29, 0.717) is 17.9 Å². The van der Waals surface area contributed by atoms with Crippen LogP contribution in [0, 0.1) is 0 Å². The van der Waals surface area contributed by atoms with Gasteiger partial charge in [0, 0.05) is 11.6 Å². The van der Waals surface area contributed by atoms with Gasteiger partial charge in [-0.25, -0.2) is 0 Å². The number of rotatable bonds is 5. The fourth-order valence-electron chi connectivity index (χ4n) is 1.42. The van der Waals surface area contributed by atoms with E-state index in [0.717, 1.165) is 5.56 Å². The molecule has 2 N–H and O–H groups in total. The Morgan fingerprint density at radius 3 is 2.40 bits per heavy atom. The average molecular weight is 229 g/mol. The van der Waals surface area contributed by atoms with E-state index in [1.54, 1.807) is 24.3 Å². The van der Waals surface area contributed by atoms with Gasteiger partial charge in [0.05, 0.1) is 5.92 Å². The van der Waals surface area contributed by atoms with Crippen LogP contribution in [0.5, 0.6) is 0 Å². The summed E-state index contributed by atoms with van der Waals surface area (Å²) in [5, 5.41) is 18.3. The SMILES string of the molecule is O=C(O)C(CCCO)c1ccc(Cl)cc1. The zero-order valence-corrected chi connectivity index (χ0v) is 8.94. The molecule has 0 aliphatic carbocycles. The first-order valence-corrected chi connectivity index (χ1v) is 5.12. The smallest absolute Gasteiger partial charge is 0.310 e. The molecule has 3 nitrogen and oxygen atoms in total. The molecule has 15 heavy (non-hydrogen) atoms. The van der Waals surface area contributed by atoms with Crippen molar-refractivity contribution in [1.82, 2.24) is 0 Å². The van der Waals surface area contributed by atoms with Crippen molar-refractivity contribution in [2.75, 3.05) is 6.61 Å². The molecule has 0 aliphatic heterocycles. The van der Waals surface area contributed by atoms with E-state index < -0.39 is 11.9 Å². The number of carbonyl (C=O) groups is 1. The third-order valence-corrected chi connectivity index (χ3v) is 2.47. The van der Waals surface area contributed by atoms with Crippen LogP contribution in [0.2, 0.25) is 5.02 Å². The maximum Gasteiger partial charge on any atom is 0.310 e. The minimum Gasteiger partial charge on any atom is -0.481 e. The largest absolute Gasteiger partial charge is 0.481 e. The van der Waals surface area contributed by atoms with Crippen molar-refractivity contribution in [3.8, 4) is 0 Å². The van der Waals surface area contributed by atoms with Crippen molar-refractivity contribution in [3.63, 3.8) is 0 Å². The first-order valence-electron chi connectivity index (χ1n) is 4.74. The van der Waals surface area contributed by atoms with Crippen LogP contribution < -0.4 is 0 Å². The first-order chi connectivity index (χ1) is 7.15. The van der Waals surface area contributed by atoms with Gasteiger partial charge < -0.3 is 10.2 Å². The molecule has 0 aromatic heterocycles. The lowest BCUT2D eigenvalue weighted by Crippen LogP contribution is -2.12. The van der Waals surface area contributed by atoms with Crippen LogP contribution in [0.3, 0.4) is 0 Å². The Balaban J connectivity index is 2.79. The van der Waals surface area contributed by atoms with Crippen molar-refractivity contribution in [2.45, 2.75) is 18.8 Å². The standard InChI is InChI=1S/C11H13ClO3/c12-9-5-3-8(4-6-9)10(11(14)15)2-1-7-13/h3-6,10,13H,1-2,7H2,(H,14,15). The number of aliphatic hydroxyl groups is 1. The van der Waals surface area contributed by atoms with Crippen LogP contribution in [0.25, 0.3) is 0 Å². The molecule has 1 aromatic carbocycles. The Morgan fingerprint density at radius 1 is 1.33 bits per heavy atom. The minimum atomic E-state index is -0.870. The fraction of sp³-hybridized carbons (Fsp3) is 0.364. The second-order valence-corrected chi connectivity index (χ2v) is 3.74. The van der Waals surface area contributed by atoms with E-state index in [-0.39, 0.29) is 6.61 Å². The molecule has 1 rings (SSSR count). The van der Waals surface area contributed by atoms with Gasteiger partial charge >= 0.3 is 5.97 Å². The molecular formula is C11H13ClO3. The Labute approximate surface area is 93.3 Å². The lowest BCUT2D eigenvalue weighted by atomic mass is 9.95. The second kappa shape index (κ2) is 5.73. The summed E-state index contributed by atoms with van der Waals surface area (Å²) in [5.41, 5.74) is 0.723. The summed E-state index contributed by atoms with van der Waals surface area (Å²) in [6.07, 6.45) is 0.924. The Bertz CT molecular complexity index is 321. The summed E-state index contributed by atoms with van der Waals surface area (Å²) >= 11 is 5.71. The van der Waals surface area contributed by atoms with Gasteiger partial charge in [0.15, 0.2) is 0 Å². The van der Waals surface area contributed by atoms with E-state index in [9.17, 15) is 4.79 Å². The molecule has 0 spiro atoms. The highest BCUT2D eigenvalue weighted by molar-refractivity contribution is 6.30. The number of benzene rings is 1. The highest BCUT2D eigenvalue weighted by Gasteiger charge is 2.18. The van der Waals surface area contributed by atoms with Gasteiger partial charge in [-0.1, -0.05) is 23.7 Å². The summed E-state index contributed by atoms with van der Waals surface area (Å²) in [6, 6.07) is 6.76. The zero-order valence-electron chi connectivity index (χ0n) is 8.19. The van der Waals surface area contributed by atoms with Crippen molar-refractivity contribution in [3.05, 3.63) is 34.9 Å². The molecular weight excluding hydrogens is 216 g/mol. The first kappa shape index (κ1) is 12.0. The second-order valence-electron chi connectivity index (χ2n) is 3.31. The van der Waals surface area contributed by atoms with E-state index in [1.165, 1.54) is 0 Å². The normalized spacial score (nSPS) is 12.4. The monoisotopic (exact) mass is 228 g/mol. The van der Waals surface area contributed by atoms with Gasteiger partial charge in [0.1, 0.15) is 0 Å². The van der Waals surface area contributed by atoms with Crippen molar-refractivity contribution in [1.29, 1.82) is 0 Å². The van der Waals surface area contributed by atoms with Crippen LogP contribution in [0.15, 0.2) is 24.3 Å². The van der Waals surface area contributed by atoms with Crippen LogP contribution in [0.1, 0.15) is 24.3 Å². The summed E-state index contributed by atoms with van der Waals surface area (Å²) in [5.74, 6) is -1.43. The van der Waals surface area contributed by atoms with E-state index in [1.807, 2.05) is 0 Å². The van der Waals surface area contributed by atoms with E-state index in [4.69, 9.17) is 21.8 Å². The number of carboxylic acids is 1. The maximum absolute atomic E-state index is 11.0. The summed E-state index contributed by atoms with van der Waals surface area (Å²) in [6.45, 7) is 0.0113. The third-order valence-electron chi connectivity index (χ3n) is 2.22. The number of halogens is 1. The molecule has 82 valence electrons. The van der Waals surface area contributed by atoms with Gasteiger partial charge in [-0.2, -0.15) is 0 Å². The Kier molecular flexibility index (Phi) is 4.59. The predicted molar refractivity (Wildman–Crippen MR) is 58.1 cm³/mol. The molecule has 1 atom stereocenters. The van der Waals surface area contributed by atoms with Crippen molar-refractivity contribution in [2.24, 2.45) is 0 Å². The van der Waals surface area contributed by atoms with Crippen LogP contribution >= 0.6 is 11.6 Å². The summed E-state index contributed by atoms with van der Waals surface area (Å²) < 4.78 is 0. The summed E-state index contributed by atoms with van der Waals surface area (Å²) in [7, 11) is 0. The minimum absolute atomic E-state index is 0.0113. The van der Waals surface area contributed by atoms with Gasteiger partial charge in [-0.3, -0.25) is 4.79 Å². The summed E-state index contributed by atoms with van der Waals surface area (Å²) in [4.78, 5) is 11.0. The lowest BCUT2D eigenvalue weighted by molar-refractivity contribution is -0.139. The molecule has 0 bridgehead atoms. The average Bonchev–Trinajstić information content (AvgIpc) is 2.21. The molecule has 0 radical (unpaired) electrons. The zero-order chi connectivity index (χ0) is 11.3. The molecule has 1 unspecified atom stereocenters. The molecule has 0 heterocycles. The predicted octanol–water partition coefficient (Wildman–Crippen LogP) is 2.28. The van der Waals surface area contributed by atoms with Gasteiger partial charge in [-0.15, -0.1) is 0 Å². The third kappa shape index (κ3) is 3.53.